The Morgan fingerprint density at radius 3 is 2.81 bits per heavy atom. The Kier molecular flexibility index (Phi) is 3.49. The first-order valence-corrected chi connectivity index (χ1v) is 6.15. The lowest BCUT2D eigenvalue weighted by Crippen LogP contribution is -2.26. The standard InChI is InChI=1S/C14H21NO/c1-10(2)12-5-4-6-13(9-12)15-14-7-8-16-11(14)3/h4-6,9-11,14-15H,7-8H2,1-3H3. The Balaban J connectivity index is 2.06. The maximum Gasteiger partial charge on any atom is 0.0748 e. The molecule has 0 aromatic heterocycles. The van der Waals surface area contributed by atoms with Crippen LogP contribution in [0.3, 0.4) is 0 Å². The molecule has 1 aliphatic rings. The fourth-order valence-electron chi connectivity index (χ4n) is 2.12. The largest absolute Gasteiger partial charge is 0.380 e. The third-order valence-electron chi connectivity index (χ3n) is 3.28. The maximum absolute atomic E-state index is 5.55. The second-order valence-electron chi connectivity index (χ2n) is 4.90. The quantitative estimate of drug-likeness (QED) is 0.841. The van der Waals surface area contributed by atoms with Crippen molar-refractivity contribution in [2.75, 3.05) is 11.9 Å². The highest BCUT2D eigenvalue weighted by atomic mass is 16.5. The molecule has 1 heterocycles. The van der Waals surface area contributed by atoms with Crippen LogP contribution in [0.5, 0.6) is 0 Å². The molecule has 0 bridgehead atoms. The van der Waals surface area contributed by atoms with Crippen molar-refractivity contribution in [2.24, 2.45) is 0 Å². The molecule has 1 aromatic rings. The molecule has 1 fully saturated rings. The molecule has 2 unspecified atom stereocenters. The van der Waals surface area contributed by atoms with Gasteiger partial charge in [-0.1, -0.05) is 26.0 Å². The molecule has 1 aliphatic heterocycles. The van der Waals surface area contributed by atoms with Gasteiger partial charge in [0.2, 0.25) is 0 Å². The molecule has 2 nitrogen and oxygen atoms in total. The highest BCUT2D eigenvalue weighted by Gasteiger charge is 2.23. The molecular formula is C14H21NO. The summed E-state index contributed by atoms with van der Waals surface area (Å²) >= 11 is 0. The summed E-state index contributed by atoms with van der Waals surface area (Å²) in [5.41, 5.74) is 2.60. The van der Waals surface area contributed by atoms with Crippen LogP contribution in [0.1, 0.15) is 38.7 Å². The number of benzene rings is 1. The van der Waals surface area contributed by atoms with Crippen molar-refractivity contribution in [1.29, 1.82) is 0 Å². The van der Waals surface area contributed by atoms with E-state index in [1.54, 1.807) is 0 Å². The molecule has 0 saturated carbocycles. The minimum atomic E-state index is 0.322. The predicted molar refractivity (Wildman–Crippen MR) is 68.0 cm³/mol. The summed E-state index contributed by atoms with van der Waals surface area (Å²) in [5.74, 6) is 0.582. The van der Waals surface area contributed by atoms with Crippen molar-refractivity contribution in [3.8, 4) is 0 Å². The van der Waals surface area contributed by atoms with Gasteiger partial charge < -0.3 is 10.1 Å². The van der Waals surface area contributed by atoms with E-state index in [4.69, 9.17) is 4.74 Å². The van der Waals surface area contributed by atoms with Crippen LogP contribution < -0.4 is 5.32 Å². The number of nitrogens with one attached hydrogen (secondary N) is 1. The first-order chi connectivity index (χ1) is 7.66. The minimum absolute atomic E-state index is 0.322. The summed E-state index contributed by atoms with van der Waals surface area (Å²) < 4.78 is 5.55. The van der Waals surface area contributed by atoms with Crippen molar-refractivity contribution < 1.29 is 4.74 Å². The molecule has 2 heteroatoms. The Morgan fingerprint density at radius 1 is 1.38 bits per heavy atom. The van der Waals surface area contributed by atoms with Crippen molar-refractivity contribution in [3.05, 3.63) is 29.8 Å². The van der Waals surface area contributed by atoms with Crippen LogP contribution in [-0.2, 0) is 4.74 Å². The lowest BCUT2D eigenvalue weighted by molar-refractivity contribution is 0.121. The highest BCUT2D eigenvalue weighted by Crippen LogP contribution is 2.22. The molecule has 1 N–H and O–H groups in total. The average molecular weight is 219 g/mol. The van der Waals surface area contributed by atoms with Gasteiger partial charge in [0.15, 0.2) is 0 Å². The second-order valence-corrected chi connectivity index (χ2v) is 4.90. The molecule has 0 amide bonds. The zero-order valence-corrected chi connectivity index (χ0v) is 10.4. The molecule has 88 valence electrons. The fourth-order valence-corrected chi connectivity index (χ4v) is 2.12. The van der Waals surface area contributed by atoms with Crippen LogP contribution in [0.4, 0.5) is 5.69 Å². The van der Waals surface area contributed by atoms with Gasteiger partial charge in [-0.15, -0.1) is 0 Å². The lowest BCUT2D eigenvalue weighted by atomic mass is 10.0. The second kappa shape index (κ2) is 4.88. The zero-order valence-electron chi connectivity index (χ0n) is 10.4. The number of ether oxygens (including phenoxy) is 1. The Morgan fingerprint density at radius 2 is 2.19 bits per heavy atom. The minimum Gasteiger partial charge on any atom is -0.380 e. The summed E-state index contributed by atoms with van der Waals surface area (Å²) in [4.78, 5) is 0. The molecule has 16 heavy (non-hydrogen) atoms. The first kappa shape index (κ1) is 11.5. The Bertz CT molecular complexity index is 348. The number of hydrogen-bond acceptors (Lipinski definition) is 2. The van der Waals surface area contributed by atoms with Crippen molar-refractivity contribution in [1.82, 2.24) is 0 Å². The third kappa shape index (κ3) is 2.56. The van der Waals surface area contributed by atoms with Gasteiger partial charge in [0, 0.05) is 12.3 Å². The van der Waals surface area contributed by atoms with Crippen LogP contribution in [0, 0.1) is 0 Å². The fraction of sp³-hybridized carbons (Fsp3) is 0.571. The summed E-state index contributed by atoms with van der Waals surface area (Å²) in [5, 5.41) is 3.56. The molecule has 2 rings (SSSR count). The van der Waals surface area contributed by atoms with Gasteiger partial charge in [-0.2, -0.15) is 0 Å². The SMILES string of the molecule is CC(C)c1cccc(NC2CCOC2C)c1. The van der Waals surface area contributed by atoms with E-state index in [0.29, 0.717) is 18.1 Å². The van der Waals surface area contributed by atoms with Crippen molar-refractivity contribution in [2.45, 2.75) is 45.3 Å². The molecule has 0 aliphatic carbocycles. The van der Waals surface area contributed by atoms with E-state index in [1.165, 1.54) is 11.3 Å². The van der Waals surface area contributed by atoms with Crippen molar-refractivity contribution >= 4 is 5.69 Å². The van der Waals surface area contributed by atoms with Crippen LogP contribution in [0.25, 0.3) is 0 Å². The molecule has 0 radical (unpaired) electrons. The molecular weight excluding hydrogens is 198 g/mol. The van der Waals surface area contributed by atoms with Crippen LogP contribution in [-0.4, -0.2) is 18.8 Å². The van der Waals surface area contributed by atoms with E-state index in [1.807, 2.05) is 0 Å². The normalized spacial score (nSPS) is 25.0. The third-order valence-corrected chi connectivity index (χ3v) is 3.28. The van der Waals surface area contributed by atoms with Crippen LogP contribution in [0.15, 0.2) is 24.3 Å². The van der Waals surface area contributed by atoms with Gasteiger partial charge in [0.1, 0.15) is 0 Å². The summed E-state index contributed by atoms with van der Waals surface area (Å²) in [6.07, 6.45) is 1.43. The number of rotatable bonds is 3. The van der Waals surface area contributed by atoms with E-state index < -0.39 is 0 Å². The van der Waals surface area contributed by atoms with Gasteiger partial charge >= 0.3 is 0 Å². The molecule has 1 saturated heterocycles. The van der Waals surface area contributed by atoms with Crippen LogP contribution >= 0.6 is 0 Å². The van der Waals surface area contributed by atoms with Crippen molar-refractivity contribution in [3.63, 3.8) is 0 Å². The lowest BCUT2D eigenvalue weighted by Gasteiger charge is -2.18. The summed E-state index contributed by atoms with van der Waals surface area (Å²) in [7, 11) is 0. The van der Waals surface area contributed by atoms with Gasteiger partial charge in [-0.05, 0) is 37.0 Å². The van der Waals surface area contributed by atoms with Gasteiger partial charge in [-0.25, -0.2) is 0 Å². The molecule has 2 atom stereocenters. The van der Waals surface area contributed by atoms with E-state index in [-0.39, 0.29) is 0 Å². The van der Waals surface area contributed by atoms with E-state index in [9.17, 15) is 0 Å². The monoisotopic (exact) mass is 219 g/mol. The summed E-state index contributed by atoms with van der Waals surface area (Å²) in [6, 6.07) is 9.15. The average Bonchev–Trinajstić information content (AvgIpc) is 2.65. The topological polar surface area (TPSA) is 21.3 Å². The van der Waals surface area contributed by atoms with E-state index in [2.05, 4.69) is 50.4 Å². The maximum atomic E-state index is 5.55. The molecule has 0 spiro atoms. The highest BCUT2D eigenvalue weighted by molar-refractivity contribution is 5.47. The first-order valence-electron chi connectivity index (χ1n) is 6.15. The van der Waals surface area contributed by atoms with Crippen LogP contribution in [0.2, 0.25) is 0 Å². The zero-order chi connectivity index (χ0) is 11.5. The van der Waals surface area contributed by atoms with E-state index >= 15 is 0 Å². The van der Waals surface area contributed by atoms with E-state index in [0.717, 1.165) is 13.0 Å². The smallest absolute Gasteiger partial charge is 0.0748 e. The van der Waals surface area contributed by atoms with Gasteiger partial charge in [-0.3, -0.25) is 0 Å². The Hall–Kier alpha value is -1.02. The Labute approximate surface area is 98.0 Å². The predicted octanol–water partition coefficient (Wildman–Crippen LogP) is 3.40. The number of anilines is 1. The van der Waals surface area contributed by atoms with Gasteiger partial charge in [0.05, 0.1) is 12.1 Å². The molecule has 1 aromatic carbocycles. The van der Waals surface area contributed by atoms with Gasteiger partial charge in [0.25, 0.3) is 0 Å². The number of hydrogen-bond donors (Lipinski definition) is 1. The summed E-state index contributed by atoms with van der Waals surface area (Å²) in [6.45, 7) is 7.46.